The van der Waals surface area contributed by atoms with Crippen molar-refractivity contribution >= 4 is 19.8 Å². The van der Waals surface area contributed by atoms with Crippen LogP contribution in [-0.4, -0.2) is 65.7 Å². The van der Waals surface area contributed by atoms with Gasteiger partial charge in [-0.1, -0.05) is 185 Å². The molecule has 0 aliphatic heterocycles. The summed E-state index contributed by atoms with van der Waals surface area (Å²) in [6.45, 7) is 2.35. The molecule has 0 spiro atoms. The fraction of sp³-hybridized carbons (Fsp3) is 0.830. The van der Waals surface area contributed by atoms with E-state index in [9.17, 15) is 24.2 Å². The number of esters is 2. The molecular formula is C47H87O10P. The Kier molecular flexibility index (Phi) is 41.9. The van der Waals surface area contributed by atoms with Crippen LogP contribution in [-0.2, 0) is 32.7 Å². The Hall–Kier alpha value is -1.81. The summed E-state index contributed by atoms with van der Waals surface area (Å²) in [7, 11) is -4.62. The van der Waals surface area contributed by atoms with Crippen molar-refractivity contribution in [2.24, 2.45) is 0 Å². The van der Waals surface area contributed by atoms with E-state index in [2.05, 4.69) is 50.3 Å². The minimum absolute atomic E-state index is 0.182. The molecule has 10 nitrogen and oxygen atoms in total. The highest BCUT2D eigenvalue weighted by atomic mass is 31.2. The summed E-state index contributed by atoms with van der Waals surface area (Å²) in [6.07, 6.45) is 45.3. The third kappa shape index (κ3) is 42.3. The van der Waals surface area contributed by atoms with Crippen LogP contribution in [0.5, 0.6) is 0 Å². The summed E-state index contributed by atoms with van der Waals surface area (Å²) >= 11 is 0. The number of carbonyl (C=O) groups is 2. The molecule has 0 rings (SSSR count). The lowest BCUT2D eigenvalue weighted by Crippen LogP contribution is -2.29. The molecule has 0 bridgehead atoms. The zero-order chi connectivity index (χ0) is 42.6. The van der Waals surface area contributed by atoms with E-state index in [1.54, 1.807) is 0 Å². The number of ether oxygens (including phenoxy) is 2. The van der Waals surface area contributed by atoms with Gasteiger partial charge in [-0.25, -0.2) is 4.57 Å². The molecule has 1 unspecified atom stereocenters. The van der Waals surface area contributed by atoms with Gasteiger partial charge in [-0.3, -0.25) is 18.6 Å². The van der Waals surface area contributed by atoms with Gasteiger partial charge in [-0.05, 0) is 51.4 Å². The topological polar surface area (TPSA) is 149 Å². The van der Waals surface area contributed by atoms with Crippen LogP contribution >= 0.6 is 7.82 Å². The largest absolute Gasteiger partial charge is 0.472 e. The lowest BCUT2D eigenvalue weighted by Gasteiger charge is -2.20. The Labute approximate surface area is 354 Å². The van der Waals surface area contributed by atoms with Gasteiger partial charge < -0.3 is 24.6 Å². The van der Waals surface area contributed by atoms with Gasteiger partial charge in [0.2, 0.25) is 0 Å². The van der Waals surface area contributed by atoms with Crippen LogP contribution < -0.4 is 0 Å². The van der Waals surface area contributed by atoms with Crippen molar-refractivity contribution in [2.75, 3.05) is 26.4 Å². The van der Waals surface area contributed by atoms with E-state index in [1.165, 1.54) is 116 Å². The Balaban J connectivity index is 4.27. The molecule has 0 aromatic carbocycles. The molecule has 0 saturated heterocycles. The number of phosphoric acid groups is 1. The summed E-state index contributed by atoms with van der Waals surface area (Å²) in [5, 5.41) is 18.4. The molecule has 0 aromatic heterocycles. The van der Waals surface area contributed by atoms with Gasteiger partial charge in [0.15, 0.2) is 6.10 Å². The second-order valence-corrected chi connectivity index (χ2v) is 17.2. The van der Waals surface area contributed by atoms with E-state index < -0.39 is 51.8 Å². The van der Waals surface area contributed by atoms with Gasteiger partial charge in [0.1, 0.15) is 12.7 Å². The predicted octanol–water partition coefficient (Wildman–Crippen LogP) is 12.7. The number of phosphoric ester groups is 1. The number of hydrogen-bond donors (Lipinski definition) is 3. The predicted molar refractivity (Wildman–Crippen MR) is 238 cm³/mol. The number of aliphatic hydroxyl groups is 2. The zero-order valence-corrected chi connectivity index (χ0v) is 37.9. The van der Waals surface area contributed by atoms with E-state index in [0.717, 1.165) is 57.8 Å². The van der Waals surface area contributed by atoms with E-state index in [-0.39, 0.29) is 19.4 Å². The summed E-state index contributed by atoms with van der Waals surface area (Å²) in [6, 6.07) is 0. The van der Waals surface area contributed by atoms with Crippen LogP contribution in [0, 0.1) is 0 Å². The van der Waals surface area contributed by atoms with Crippen LogP contribution in [0.15, 0.2) is 36.5 Å². The third-order valence-electron chi connectivity index (χ3n) is 10.0. The van der Waals surface area contributed by atoms with Gasteiger partial charge in [0, 0.05) is 12.8 Å². The average molecular weight is 843 g/mol. The molecule has 0 saturated carbocycles. The summed E-state index contributed by atoms with van der Waals surface area (Å²) in [4.78, 5) is 35.1. The summed E-state index contributed by atoms with van der Waals surface area (Å²) in [5.74, 6) is -0.942. The lowest BCUT2D eigenvalue weighted by molar-refractivity contribution is -0.161. The number of rotatable bonds is 44. The van der Waals surface area contributed by atoms with Crippen LogP contribution in [0.3, 0.4) is 0 Å². The van der Waals surface area contributed by atoms with Crippen LogP contribution in [0.25, 0.3) is 0 Å². The molecule has 340 valence electrons. The van der Waals surface area contributed by atoms with Crippen LogP contribution in [0.2, 0.25) is 0 Å². The van der Waals surface area contributed by atoms with Crippen molar-refractivity contribution in [2.45, 2.75) is 225 Å². The molecule has 58 heavy (non-hydrogen) atoms. The van der Waals surface area contributed by atoms with Gasteiger partial charge in [-0.15, -0.1) is 0 Å². The fourth-order valence-electron chi connectivity index (χ4n) is 6.41. The number of hydrogen-bond acceptors (Lipinski definition) is 9. The smallest absolute Gasteiger partial charge is 0.462 e. The highest BCUT2D eigenvalue weighted by Crippen LogP contribution is 2.43. The molecule has 3 N–H and O–H groups in total. The third-order valence-corrected chi connectivity index (χ3v) is 11.0. The first kappa shape index (κ1) is 56.2. The molecular weight excluding hydrogens is 755 g/mol. The molecule has 0 amide bonds. The van der Waals surface area contributed by atoms with E-state index in [1.807, 2.05) is 0 Å². The van der Waals surface area contributed by atoms with Crippen molar-refractivity contribution in [3.05, 3.63) is 36.5 Å². The van der Waals surface area contributed by atoms with Gasteiger partial charge in [-0.2, -0.15) is 0 Å². The van der Waals surface area contributed by atoms with Gasteiger partial charge >= 0.3 is 19.8 Å². The van der Waals surface area contributed by atoms with Gasteiger partial charge in [0.25, 0.3) is 0 Å². The Bertz CT molecular complexity index is 1060. The molecule has 0 fully saturated rings. The second kappa shape index (κ2) is 43.3. The Morgan fingerprint density at radius 2 is 0.897 bits per heavy atom. The van der Waals surface area contributed by atoms with Crippen molar-refractivity contribution in [3.63, 3.8) is 0 Å². The highest BCUT2D eigenvalue weighted by Gasteiger charge is 2.27. The quantitative estimate of drug-likeness (QED) is 0.0234. The van der Waals surface area contributed by atoms with E-state index in [0.29, 0.717) is 12.8 Å². The average Bonchev–Trinajstić information content (AvgIpc) is 3.21. The molecule has 11 heteroatoms. The number of unbranched alkanes of at least 4 members (excludes halogenated alkanes) is 24. The van der Waals surface area contributed by atoms with E-state index >= 15 is 0 Å². The molecule has 0 radical (unpaired) electrons. The first-order valence-corrected chi connectivity index (χ1v) is 24.9. The maximum atomic E-state index is 12.6. The Morgan fingerprint density at radius 1 is 0.517 bits per heavy atom. The van der Waals surface area contributed by atoms with Crippen molar-refractivity contribution in [1.29, 1.82) is 0 Å². The number of allylic oxidation sites excluding steroid dienone is 6. The SMILES string of the molecule is CCCCC/C=C/C/C=C/C/C=C/CCCCCCC(=O)OC[C@H](COP(=O)(O)OC[C@@H](O)CO)OC(=O)CCCCCCCCCCCCCCCCCCCC. The monoisotopic (exact) mass is 843 g/mol. The molecule has 0 aromatic rings. The second-order valence-electron chi connectivity index (χ2n) is 15.8. The maximum Gasteiger partial charge on any atom is 0.472 e. The van der Waals surface area contributed by atoms with Crippen LogP contribution in [0.1, 0.15) is 213 Å². The van der Waals surface area contributed by atoms with Crippen molar-refractivity contribution in [3.8, 4) is 0 Å². The first-order valence-electron chi connectivity index (χ1n) is 23.4. The normalized spacial score (nSPS) is 14.1. The van der Waals surface area contributed by atoms with Crippen LogP contribution in [0.4, 0.5) is 0 Å². The zero-order valence-electron chi connectivity index (χ0n) is 37.0. The maximum absolute atomic E-state index is 12.6. The summed E-state index contributed by atoms with van der Waals surface area (Å²) < 4.78 is 32.8. The minimum atomic E-state index is -4.62. The van der Waals surface area contributed by atoms with Gasteiger partial charge in [0.05, 0.1) is 19.8 Å². The van der Waals surface area contributed by atoms with Crippen molar-refractivity contribution < 1.29 is 47.8 Å². The number of carbonyl (C=O) groups excluding carboxylic acids is 2. The fourth-order valence-corrected chi connectivity index (χ4v) is 7.20. The molecule has 0 aliphatic rings. The number of aliphatic hydroxyl groups excluding tert-OH is 2. The molecule has 0 aliphatic carbocycles. The first-order chi connectivity index (χ1) is 28.2. The minimum Gasteiger partial charge on any atom is -0.462 e. The van der Waals surface area contributed by atoms with E-state index in [4.69, 9.17) is 23.6 Å². The molecule has 3 atom stereocenters. The standard InChI is InChI=1S/C47H87O10P/c1-3-5-7-9-11-13-15-17-19-21-23-25-27-29-31-33-35-37-39-47(51)57-45(43-56-58(52,53)55-41-44(49)40-48)42-54-46(50)38-36-34-32-30-28-26-24-22-20-18-16-14-12-10-8-6-4-2/h12,14,18,20,24,26,44-45,48-49H,3-11,13,15-17,19,21-23,25,27-43H2,1-2H3,(H,52,53)/b14-12+,20-18+,26-24+/t44-,45+/m0/s1. The Morgan fingerprint density at radius 3 is 1.38 bits per heavy atom. The highest BCUT2D eigenvalue weighted by molar-refractivity contribution is 7.47. The van der Waals surface area contributed by atoms with Crippen molar-refractivity contribution in [1.82, 2.24) is 0 Å². The summed E-state index contributed by atoms with van der Waals surface area (Å²) in [5.41, 5.74) is 0. The molecule has 0 heterocycles. The lowest BCUT2D eigenvalue weighted by atomic mass is 10.0.